The molecular weight excluding hydrogens is 216 g/mol. The molecule has 2 nitrogen and oxygen atoms in total. The van der Waals surface area contributed by atoms with Gasteiger partial charge in [-0.15, -0.1) is 11.3 Å². The molecule has 0 fully saturated rings. The van der Waals surface area contributed by atoms with Crippen LogP contribution in [0.25, 0.3) is 0 Å². The molecule has 3 heteroatoms. The fourth-order valence-electron chi connectivity index (χ4n) is 2.02. The van der Waals surface area contributed by atoms with Gasteiger partial charge in [0.05, 0.1) is 10.7 Å². The molecule has 0 saturated carbocycles. The van der Waals surface area contributed by atoms with Gasteiger partial charge < -0.3 is 5.32 Å². The second-order valence-corrected chi connectivity index (χ2v) is 6.74. The van der Waals surface area contributed by atoms with Crippen LogP contribution in [0.15, 0.2) is 0 Å². The molecule has 1 N–H and O–H groups in total. The summed E-state index contributed by atoms with van der Waals surface area (Å²) in [6, 6.07) is 0.564. The third kappa shape index (κ3) is 3.56. The highest BCUT2D eigenvalue weighted by Gasteiger charge is 2.22. The molecule has 0 saturated heterocycles. The monoisotopic (exact) mass is 240 g/mol. The van der Waals surface area contributed by atoms with Gasteiger partial charge in [0, 0.05) is 17.5 Å². The first kappa shape index (κ1) is 13.7. The fourth-order valence-corrected chi connectivity index (χ4v) is 2.90. The summed E-state index contributed by atoms with van der Waals surface area (Å²) in [5.41, 5.74) is 1.50. The highest BCUT2D eigenvalue weighted by atomic mass is 32.1. The zero-order valence-corrected chi connectivity index (χ0v) is 12.2. The minimum absolute atomic E-state index is 0.322. The molecule has 1 atom stereocenters. The summed E-state index contributed by atoms with van der Waals surface area (Å²) in [7, 11) is 0. The Labute approximate surface area is 103 Å². The average Bonchev–Trinajstić information content (AvgIpc) is 2.44. The number of thiazole rings is 1. The van der Waals surface area contributed by atoms with Crippen molar-refractivity contribution < 1.29 is 0 Å². The minimum Gasteiger partial charge on any atom is -0.309 e. The van der Waals surface area contributed by atoms with Gasteiger partial charge in [0.2, 0.25) is 0 Å². The highest BCUT2D eigenvalue weighted by Crippen LogP contribution is 2.23. The van der Waals surface area contributed by atoms with Crippen LogP contribution in [0, 0.1) is 19.3 Å². The third-order valence-corrected chi connectivity index (χ3v) is 4.04. The number of aryl methyl sites for hydroxylation is 2. The third-order valence-electron chi connectivity index (χ3n) is 2.96. The normalized spacial score (nSPS) is 14.1. The van der Waals surface area contributed by atoms with Gasteiger partial charge in [-0.1, -0.05) is 27.7 Å². The number of nitrogens with zero attached hydrogens (tertiary/aromatic N) is 1. The largest absolute Gasteiger partial charge is 0.309 e. The molecule has 92 valence electrons. The summed E-state index contributed by atoms with van der Waals surface area (Å²) in [5.74, 6) is 0. The SMILES string of the molecule is CCC(NCc1sc(C)nc1C)C(C)(C)C. The predicted molar refractivity (Wildman–Crippen MR) is 72.0 cm³/mol. The van der Waals surface area contributed by atoms with Crippen molar-refractivity contribution in [2.24, 2.45) is 5.41 Å². The summed E-state index contributed by atoms with van der Waals surface area (Å²) in [6.45, 7) is 14.2. The summed E-state index contributed by atoms with van der Waals surface area (Å²) in [4.78, 5) is 5.83. The molecule has 1 heterocycles. The van der Waals surface area contributed by atoms with Gasteiger partial charge in [0.15, 0.2) is 0 Å². The second kappa shape index (κ2) is 5.28. The molecular formula is C13H24N2S. The van der Waals surface area contributed by atoms with Crippen molar-refractivity contribution in [2.45, 2.75) is 60.5 Å². The Hall–Kier alpha value is -0.410. The van der Waals surface area contributed by atoms with Gasteiger partial charge in [-0.25, -0.2) is 4.98 Å². The van der Waals surface area contributed by atoms with Crippen LogP contribution in [0.4, 0.5) is 0 Å². The molecule has 0 bridgehead atoms. The van der Waals surface area contributed by atoms with Gasteiger partial charge in [-0.2, -0.15) is 0 Å². The molecule has 0 aliphatic heterocycles. The molecule has 1 aromatic heterocycles. The van der Waals surface area contributed by atoms with Crippen LogP contribution in [0.5, 0.6) is 0 Å². The predicted octanol–water partition coefficient (Wildman–Crippen LogP) is 3.67. The molecule has 16 heavy (non-hydrogen) atoms. The fraction of sp³-hybridized carbons (Fsp3) is 0.769. The van der Waals surface area contributed by atoms with E-state index in [9.17, 15) is 0 Å². The zero-order valence-electron chi connectivity index (χ0n) is 11.3. The van der Waals surface area contributed by atoms with Crippen LogP contribution in [-0.2, 0) is 6.54 Å². The zero-order chi connectivity index (χ0) is 12.3. The van der Waals surface area contributed by atoms with Crippen molar-refractivity contribution in [2.75, 3.05) is 0 Å². The number of hydrogen-bond donors (Lipinski definition) is 1. The Balaban J connectivity index is 2.60. The summed E-state index contributed by atoms with van der Waals surface area (Å²) >= 11 is 1.80. The molecule has 0 amide bonds. The van der Waals surface area contributed by atoms with Crippen LogP contribution in [-0.4, -0.2) is 11.0 Å². The number of rotatable bonds is 4. The topological polar surface area (TPSA) is 24.9 Å². The Morgan fingerprint density at radius 3 is 2.31 bits per heavy atom. The van der Waals surface area contributed by atoms with Crippen molar-refractivity contribution in [3.05, 3.63) is 15.6 Å². The van der Waals surface area contributed by atoms with Crippen molar-refractivity contribution >= 4 is 11.3 Å². The maximum atomic E-state index is 4.46. The Kier molecular flexibility index (Phi) is 4.51. The highest BCUT2D eigenvalue weighted by molar-refractivity contribution is 7.11. The summed E-state index contributed by atoms with van der Waals surface area (Å²) < 4.78 is 0. The molecule has 1 aromatic rings. The standard InChI is InChI=1S/C13H24N2S/c1-7-12(13(4,5)6)14-8-11-9(2)15-10(3)16-11/h12,14H,7-8H2,1-6H3. The van der Waals surface area contributed by atoms with E-state index in [2.05, 4.69) is 51.8 Å². The molecule has 1 rings (SSSR count). The molecule has 0 aromatic carbocycles. The number of nitrogens with one attached hydrogen (secondary N) is 1. The van der Waals surface area contributed by atoms with E-state index in [1.165, 1.54) is 17.0 Å². The summed E-state index contributed by atoms with van der Waals surface area (Å²) in [6.07, 6.45) is 1.17. The van der Waals surface area contributed by atoms with Crippen molar-refractivity contribution in [1.29, 1.82) is 0 Å². The van der Waals surface area contributed by atoms with E-state index >= 15 is 0 Å². The Morgan fingerprint density at radius 2 is 1.94 bits per heavy atom. The van der Waals surface area contributed by atoms with Crippen molar-refractivity contribution in [1.82, 2.24) is 10.3 Å². The van der Waals surface area contributed by atoms with Gasteiger partial charge >= 0.3 is 0 Å². The van der Waals surface area contributed by atoms with Crippen LogP contribution in [0.3, 0.4) is 0 Å². The van der Waals surface area contributed by atoms with E-state index in [-0.39, 0.29) is 0 Å². The lowest BCUT2D eigenvalue weighted by atomic mass is 9.85. The van der Waals surface area contributed by atoms with E-state index in [1.54, 1.807) is 11.3 Å². The maximum absolute atomic E-state index is 4.46. The first-order chi connectivity index (χ1) is 7.34. The van der Waals surface area contributed by atoms with E-state index in [0.717, 1.165) is 11.6 Å². The molecule has 0 spiro atoms. The van der Waals surface area contributed by atoms with Crippen molar-refractivity contribution in [3.8, 4) is 0 Å². The first-order valence-electron chi connectivity index (χ1n) is 6.01. The maximum Gasteiger partial charge on any atom is 0.0900 e. The number of hydrogen-bond acceptors (Lipinski definition) is 3. The van der Waals surface area contributed by atoms with Gasteiger partial charge in [0.1, 0.15) is 0 Å². The molecule has 0 radical (unpaired) electrons. The molecule has 0 aliphatic rings. The lowest BCUT2D eigenvalue weighted by molar-refractivity contribution is 0.260. The van der Waals surface area contributed by atoms with Crippen molar-refractivity contribution in [3.63, 3.8) is 0 Å². The minimum atomic E-state index is 0.322. The van der Waals surface area contributed by atoms with E-state index in [4.69, 9.17) is 0 Å². The van der Waals surface area contributed by atoms with Crippen LogP contribution < -0.4 is 5.32 Å². The van der Waals surface area contributed by atoms with Gasteiger partial charge in [-0.05, 0) is 25.7 Å². The van der Waals surface area contributed by atoms with Crippen LogP contribution >= 0.6 is 11.3 Å². The lowest BCUT2D eigenvalue weighted by Gasteiger charge is -2.30. The van der Waals surface area contributed by atoms with Gasteiger partial charge in [0.25, 0.3) is 0 Å². The van der Waals surface area contributed by atoms with E-state index < -0.39 is 0 Å². The summed E-state index contributed by atoms with van der Waals surface area (Å²) in [5, 5.41) is 4.82. The lowest BCUT2D eigenvalue weighted by Crippen LogP contribution is -2.39. The molecule has 1 unspecified atom stereocenters. The average molecular weight is 240 g/mol. The first-order valence-corrected chi connectivity index (χ1v) is 6.82. The quantitative estimate of drug-likeness (QED) is 0.868. The number of aromatic nitrogens is 1. The van der Waals surface area contributed by atoms with E-state index in [0.29, 0.717) is 11.5 Å². The van der Waals surface area contributed by atoms with Gasteiger partial charge in [-0.3, -0.25) is 0 Å². The second-order valence-electron chi connectivity index (χ2n) is 5.45. The Bertz CT molecular complexity index is 336. The van der Waals surface area contributed by atoms with E-state index in [1.807, 2.05) is 0 Å². The molecule has 0 aliphatic carbocycles. The Morgan fingerprint density at radius 1 is 1.31 bits per heavy atom. The smallest absolute Gasteiger partial charge is 0.0900 e. The van der Waals surface area contributed by atoms with Crippen LogP contribution in [0.1, 0.15) is 49.7 Å². The van der Waals surface area contributed by atoms with Crippen LogP contribution in [0.2, 0.25) is 0 Å².